The molecular formula is C27H30FN3O6S. The van der Waals surface area contributed by atoms with Crippen molar-refractivity contribution in [1.29, 1.82) is 0 Å². The van der Waals surface area contributed by atoms with E-state index in [0.717, 1.165) is 21.8 Å². The van der Waals surface area contributed by atoms with Crippen LogP contribution in [-0.2, 0) is 19.6 Å². The minimum atomic E-state index is -4.23. The van der Waals surface area contributed by atoms with Crippen molar-refractivity contribution in [3.8, 4) is 0 Å². The third kappa shape index (κ3) is 6.11. The molecule has 0 spiro atoms. The first-order chi connectivity index (χ1) is 18.1. The number of sulfonamides is 1. The lowest BCUT2D eigenvalue weighted by Gasteiger charge is -2.23. The molecular weight excluding hydrogens is 513 g/mol. The Bertz CT molecular complexity index is 1420. The Morgan fingerprint density at radius 1 is 1.13 bits per heavy atom. The number of rotatable bonds is 8. The number of hydrogen-bond donors (Lipinski definition) is 2. The molecule has 1 fully saturated rings. The number of fused-ring (bicyclic) bond motifs is 1. The summed E-state index contributed by atoms with van der Waals surface area (Å²) in [6.07, 6.45) is 0.802. The standard InChI is InChI=1S/C27H30FN3O6S/c1-17(2)14-21(30-27(34)24-15-18-8-3-5-11-23(18)37-24)26(33)29-20-10-7-13-31(16-22(20)32)38(35,36)25-12-6-4-9-19(25)28/h3-6,8-9,11-12,15,17,20-21H,7,10,13-14,16H2,1-2H3,(H,29,33)(H,30,34)/t20-,21?/m0/s1. The van der Waals surface area contributed by atoms with E-state index in [2.05, 4.69) is 10.6 Å². The average molecular weight is 544 g/mol. The SMILES string of the molecule is CC(C)CC(NC(=O)c1cc2ccccc2o1)C(=O)N[C@H]1CCCN(S(=O)(=O)c2ccccc2F)CC1=O. The van der Waals surface area contributed by atoms with E-state index in [-0.39, 0.29) is 31.1 Å². The van der Waals surface area contributed by atoms with Crippen LogP contribution in [0.2, 0.25) is 0 Å². The minimum absolute atomic E-state index is 0.00693. The molecule has 202 valence electrons. The highest BCUT2D eigenvalue weighted by Gasteiger charge is 2.35. The third-order valence-corrected chi connectivity index (χ3v) is 8.25. The molecule has 3 aromatic rings. The van der Waals surface area contributed by atoms with Gasteiger partial charge in [-0.3, -0.25) is 14.4 Å². The number of nitrogens with one attached hydrogen (secondary N) is 2. The van der Waals surface area contributed by atoms with Gasteiger partial charge in [-0.2, -0.15) is 4.31 Å². The summed E-state index contributed by atoms with van der Waals surface area (Å²) >= 11 is 0. The Balaban J connectivity index is 1.45. The summed E-state index contributed by atoms with van der Waals surface area (Å²) in [4.78, 5) is 38.6. The predicted molar refractivity (Wildman–Crippen MR) is 138 cm³/mol. The fraction of sp³-hybridized carbons (Fsp3) is 0.370. The number of nitrogens with zero attached hydrogens (tertiary/aromatic N) is 1. The Morgan fingerprint density at radius 3 is 2.55 bits per heavy atom. The van der Waals surface area contributed by atoms with Crippen LogP contribution >= 0.6 is 0 Å². The first kappa shape index (κ1) is 27.5. The van der Waals surface area contributed by atoms with Crippen molar-refractivity contribution in [1.82, 2.24) is 14.9 Å². The van der Waals surface area contributed by atoms with Gasteiger partial charge in [0.05, 0.1) is 12.6 Å². The van der Waals surface area contributed by atoms with Crippen molar-refractivity contribution in [3.63, 3.8) is 0 Å². The number of carbonyl (C=O) groups excluding carboxylic acids is 3. The molecule has 0 radical (unpaired) electrons. The second kappa shape index (κ2) is 11.4. The molecule has 4 rings (SSSR count). The number of halogens is 1. The van der Waals surface area contributed by atoms with Crippen LogP contribution < -0.4 is 10.6 Å². The normalized spacial score (nSPS) is 17.8. The zero-order chi connectivity index (χ0) is 27.4. The predicted octanol–water partition coefficient (Wildman–Crippen LogP) is 3.26. The maximum Gasteiger partial charge on any atom is 0.287 e. The van der Waals surface area contributed by atoms with E-state index in [0.29, 0.717) is 12.0 Å². The molecule has 0 saturated carbocycles. The number of hydrogen-bond acceptors (Lipinski definition) is 6. The highest BCUT2D eigenvalue weighted by atomic mass is 32.2. The van der Waals surface area contributed by atoms with Crippen molar-refractivity contribution in [3.05, 3.63) is 66.2 Å². The van der Waals surface area contributed by atoms with Crippen LogP contribution in [0.15, 0.2) is 63.9 Å². The second-order valence-corrected chi connectivity index (χ2v) is 11.6. The van der Waals surface area contributed by atoms with E-state index in [1.165, 1.54) is 12.1 Å². The Labute approximate surface area is 220 Å². The maximum atomic E-state index is 14.2. The number of amides is 2. The van der Waals surface area contributed by atoms with Gasteiger partial charge in [-0.05, 0) is 49.4 Å². The number of para-hydroxylation sites is 1. The Morgan fingerprint density at radius 2 is 1.84 bits per heavy atom. The first-order valence-corrected chi connectivity index (χ1v) is 13.9. The smallest absolute Gasteiger partial charge is 0.287 e. The van der Waals surface area contributed by atoms with E-state index in [1.54, 1.807) is 24.3 Å². The van der Waals surface area contributed by atoms with Gasteiger partial charge in [0.1, 0.15) is 22.3 Å². The van der Waals surface area contributed by atoms with Crippen molar-refractivity contribution in [2.45, 2.75) is 50.1 Å². The zero-order valence-corrected chi connectivity index (χ0v) is 22.0. The summed E-state index contributed by atoms with van der Waals surface area (Å²) in [7, 11) is -4.23. The lowest BCUT2D eigenvalue weighted by Crippen LogP contribution is -2.52. The average Bonchev–Trinajstić information content (AvgIpc) is 3.22. The van der Waals surface area contributed by atoms with Crippen LogP contribution in [0, 0.1) is 11.7 Å². The van der Waals surface area contributed by atoms with Crippen LogP contribution in [0.5, 0.6) is 0 Å². The van der Waals surface area contributed by atoms with E-state index in [4.69, 9.17) is 4.42 Å². The number of benzene rings is 2. The topological polar surface area (TPSA) is 126 Å². The highest BCUT2D eigenvalue weighted by molar-refractivity contribution is 7.89. The molecule has 2 N–H and O–H groups in total. The molecule has 1 aromatic heterocycles. The van der Waals surface area contributed by atoms with Crippen LogP contribution in [0.3, 0.4) is 0 Å². The fourth-order valence-electron chi connectivity index (χ4n) is 4.45. The molecule has 2 heterocycles. The molecule has 38 heavy (non-hydrogen) atoms. The van der Waals surface area contributed by atoms with E-state index in [9.17, 15) is 27.2 Å². The van der Waals surface area contributed by atoms with Gasteiger partial charge >= 0.3 is 0 Å². The van der Waals surface area contributed by atoms with Crippen molar-refractivity contribution >= 4 is 38.6 Å². The van der Waals surface area contributed by atoms with Gasteiger partial charge in [-0.1, -0.05) is 44.2 Å². The number of furan rings is 1. The summed E-state index contributed by atoms with van der Waals surface area (Å²) < 4.78 is 46.7. The molecule has 2 amide bonds. The van der Waals surface area contributed by atoms with Crippen LogP contribution in [0.4, 0.5) is 4.39 Å². The molecule has 0 aliphatic carbocycles. The third-order valence-electron chi connectivity index (χ3n) is 6.37. The lowest BCUT2D eigenvalue weighted by molar-refractivity contribution is -0.129. The van der Waals surface area contributed by atoms with E-state index >= 15 is 0 Å². The van der Waals surface area contributed by atoms with Crippen LogP contribution in [0.1, 0.15) is 43.7 Å². The van der Waals surface area contributed by atoms with Gasteiger partial charge in [-0.25, -0.2) is 12.8 Å². The molecule has 2 aromatic carbocycles. The Hall–Kier alpha value is -3.57. The van der Waals surface area contributed by atoms with Crippen molar-refractivity contribution in [2.75, 3.05) is 13.1 Å². The van der Waals surface area contributed by atoms with Crippen molar-refractivity contribution < 1.29 is 31.6 Å². The minimum Gasteiger partial charge on any atom is -0.451 e. The molecule has 1 unspecified atom stereocenters. The largest absolute Gasteiger partial charge is 0.451 e. The molecule has 1 saturated heterocycles. The fourth-order valence-corrected chi connectivity index (χ4v) is 5.95. The Kier molecular flexibility index (Phi) is 8.27. The van der Waals surface area contributed by atoms with Gasteiger partial charge in [0.15, 0.2) is 11.5 Å². The van der Waals surface area contributed by atoms with Gasteiger partial charge in [0.25, 0.3) is 5.91 Å². The van der Waals surface area contributed by atoms with E-state index < -0.39 is 57.0 Å². The number of ketones is 1. The van der Waals surface area contributed by atoms with Crippen molar-refractivity contribution in [2.24, 2.45) is 5.92 Å². The van der Waals surface area contributed by atoms with Gasteiger partial charge < -0.3 is 15.1 Å². The van der Waals surface area contributed by atoms with Crippen LogP contribution in [0.25, 0.3) is 11.0 Å². The lowest BCUT2D eigenvalue weighted by atomic mass is 10.0. The molecule has 1 aliphatic heterocycles. The monoisotopic (exact) mass is 543 g/mol. The highest BCUT2D eigenvalue weighted by Crippen LogP contribution is 2.22. The molecule has 11 heteroatoms. The summed E-state index contributed by atoms with van der Waals surface area (Å²) in [6.45, 7) is 3.31. The quantitative estimate of drug-likeness (QED) is 0.449. The zero-order valence-electron chi connectivity index (χ0n) is 21.1. The number of Topliss-reactive ketones (excluding diaryl/α,β-unsaturated/α-hetero) is 1. The maximum absolute atomic E-state index is 14.2. The summed E-state index contributed by atoms with van der Waals surface area (Å²) in [5.74, 6) is -2.41. The molecule has 9 nitrogen and oxygen atoms in total. The van der Waals surface area contributed by atoms with Gasteiger partial charge in [0, 0.05) is 11.9 Å². The van der Waals surface area contributed by atoms with Gasteiger partial charge in [-0.15, -0.1) is 0 Å². The summed E-state index contributed by atoms with van der Waals surface area (Å²) in [6, 6.07) is 11.8. The molecule has 0 bridgehead atoms. The molecule has 1 aliphatic rings. The van der Waals surface area contributed by atoms with E-state index in [1.807, 2.05) is 19.9 Å². The number of carbonyl (C=O) groups is 3. The van der Waals surface area contributed by atoms with Crippen LogP contribution in [-0.4, -0.2) is 55.5 Å². The molecule has 2 atom stereocenters. The second-order valence-electron chi connectivity index (χ2n) is 9.74. The summed E-state index contributed by atoms with van der Waals surface area (Å²) in [5.41, 5.74) is 0.543. The summed E-state index contributed by atoms with van der Waals surface area (Å²) in [5, 5.41) is 6.14. The van der Waals surface area contributed by atoms with Gasteiger partial charge in [0.2, 0.25) is 15.9 Å². The first-order valence-electron chi connectivity index (χ1n) is 12.4.